The van der Waals surface area contributed by atoms with Crippen molar-refractivity contribution in [3.63, 3.8) is 0 Å². The molecular formula is C32H31NO6. The van der Waals surface area contributed by atoms with Crippen molar-refractivity contribution < 1.29 is 29.0 Å². The third-order valence-electron chi connectivity index (χ3n) is 9.69. The van der Waals surface area contributed by atoms with Crippen LogP contribution >= 0.6 is 0 Å². The number of amides is 2. The van der Waals surface area contributed by atoms with Gasteiger partial charge in [-0.2, -0.15) is 0 Å². The zero-order chi connectivity index (χ0) is 27.0. The number of ketones is 2. The minimum Gasteiger partial charge on any atom is -0.508 e. The van der Waals surface area contributed by atoms with Crippen molar-refractivity contribution >= 4 is 23.4 Å². The first kappa shape index (κ1) is 24.3. The number of nitrogens with zero attached hydrogens (tertiary/aromatic N) is 1. The summed E-state index contributed by atoms with van der Waals surface area (Å²) in [5.41, 5.74) is 3.88. The van der Waals surface area contributed by atoms with Crippen LogP contribution in [0.2, 0.25) is 0 Å². The third kappa shape index (κ3) is 3.62. The summed E-state index contributed by atoms with van der Waals surface area (Å²) in [4.78, 5) is 56.1. The summed E-state index contributed by atoms with van der Waals surface area (Å²) in [6, 6.07) is 4.89. The highest BCUT2D eigenvalue weighted by atomic mass is 16.5. The molecule has 7 rings (SSSR count). The molecule has 1 aromatic carbocycles. The number of fused-ring (bicyclic) bond motifs is 4. The zero-order valence-electron chi connectivity index (χ0n) is 21.9. The van der Waals surface area contributed by atoms with E-state index in [4.69, 9.17) is 4.74 Å². The lowest BCUT2D eigenvalue weighted by molar-refractivity contribution is -0.143. The topological polar surface area (TPSA) is 101 Å². The quantitative estimate of drug-likeness (QED) is 0.347. The summed E-state index contributed by atoms with van der Waals surface area (Å²) < 4.78 is 5.95. The van der Waals surface area contributed by atoms with Gasteiger partial charge in [0.05, 0.1) is 18.1 Å². The fourth-order valence-electron chi connectivity index (χ4n) is 7.89. The number of phenols is 1. The highest BCUT2D eigenvalue weighted by Gasteiger charge is 2.57. The molecule has 4 atom stereocenters. The number of Topliss-reactive ketones (excluding diaryl/α,β-unsaturated/α-hetero) is 1. The molecule has 0 spiro atoms. The van der Waals surface area contributed by atoms with Crippen LogP contribution in [-0.2, 0) is 25.6 Å². The zero-order valence-corrected chi connectivity index (χ0v) is 21.9. The molecule has 1 saturated heterocycles. The lowest BCUT2D eigenvalue weighted by Crippen LogP contribution is -2.43. The van der Waals surface area contributed by atoms with E-state index in [0.717, 1.165) is 48.8 Å². The van der Waals surface area contributed by atoms with Crippen LogP contribution in [0.1, 0.15) is 57.4 Å². The van der Waals surface area contributed by atoms with Gasteiger partial charge in [-0.25, -0.2) is 0 Å². The van der Waals surface area contributed by atoms with Gasteiger partial charge < -0.3 is 9.84 Å². The molecule has 1 aromatic rings. The van der Waals surface area contributed by atoms with Gasteiger partial charge in [0.25, 0.3) is 0 Å². The van der Waals surface area contributed by atoms with E-state index in [0.29, 0.717) is 35.3 Å². The predicted molar refractivity (Wildman–Crippen MR) is 141 cm³/mol. The molecule has 2 amide bonds. The lowest BCUT2D eigenvalue weighted by Gasteiger charge is -2.43. The van der Waals surface area contributed by atoms with Gasteiger partial charge in [0, 0.05) is 40.7 Å². The average molecular weight is 526 g/mol. The molecule has 1 saturated carbocycles. The number of likely N-dealkylation sites (tertiary alicyclic amines) is 1. The summed E-state index contributed by atoms with van der Waals surface area (Å²) >= 11 is 0. The smallest absolute Gasteiger partial charge is 0.233 e. The van der Waals surface area contributed by atoms with E-state index in [2.05, 4.69) is 6.08 Å². The van der Waals surface area contributed by atoms with E-state index < -0.39 is 17.8 Å². The Labute approximate surface area is 226 Å². The molecule has 200 valence electrons. The fourth-order valence-corrected chi connectivity index (χ4v) is 7.89. The normalized spacial score (nSPS) is 30.6. The van der Waals surface area contributed by atoms with Crippen LogP contribution in [0.25, 0.3) is 0 Å². The number of phenolic OH excluding ortho intramolecular Hbond substituents is 1. The number of aromatic hydroxyl groups is 1. The molecule has 2 fully saturated rings. The molecule has 2 aliphatic heterocycles. The van der Waals surface area contributed by atoms with Crippen molar-refractivity contribution in [2.45, 2.75) is 64.3 Å². The Balaban J connectivity index is 1.31. The second kappa shape index (κ2) is 8.90. The van der Waals surface area contributed by atoms with E-state index in [9.17, 15) is 24.3 Å². The van der Waals surface area contributed by atoms with Gasteiger partial charge in [0.1, 0.15) is 11.5 Å². The number of carbonyl (C=O) groups is 4. The number of imide groups is 1. The number of ether oxygens (including phenoxy) is 1. The minimum absolute atomic E-state index is 0.0379. The maximum atomic E-state index is 14.0. The van der Waals surface area contributed by atoms with E-state index in [1.807, 2.05) is 0 Å². The predicted octanol–water partition coefficient (Wildman–Crippen LogP) is 4.51. The first-order valence-electron chi connectivity index (χ1n) is 14.1. The van der Waals surface area contributed by atoms with E-state index in [-0.39, 0.29) is 47.5 Å². The largest absolute Gasteiger partial charge is 0.508 e. The Morgan fingerprint density at radius 1 is 1.00 bits per heavy atom. The molecule has 4 aliphatic carbocycles. The van der Waals surface area contributed by atoms with Crippen molar-refractivity contribution in [2.24, 2.45) is 23.7 Å². The molecular weight excluding hydrogens is 494 g/mol. The maximum absolute atomic E-state index is 14.0. The Morgan fingerprint density at radius 3 is 2.59 bits per heavy atom. The van der Waals surface area contributed by atoms with Gasteiger partial charge in [0.15, 0.2) is 11.6 Å². The van der Waals surface area contributed by atoms with Crippen LogP contribution in [0.3, 0.4) is 0 Å². The molecule has 4 unspecified atom stereocenters. The number of hydrogen-bond donors (Lipinski definition) is 1. The minimum atomic E-state index is -0.521. The first-order chi connectivity index (χ1) is 18.8. The molecule has 7 nitrogen and oxygen atoms in total. The molecule has 0 aromatic heterocycles. The van der Waals surface area contributed by atoms with E-state index in [1.54, 1.807) is 36.3 Å². The van der Waals surface area contributed by atoms with Crippen LogP contribution in [0.4, 0.5) is 0 Å². The van der Waals surface area contributed by atoms with Crippen LogP contribution in [0.15, 0.2) is 64.5 Å². The monoisotopic (exact) mass is 525 g/mol. The van der Waals surface area contributed by atoms with Crippen LogP contribution in [0, 0.1) is 23.7 Å². The standard InChI is InChI=1S/C32H31NO6/c1-16-11-25(35)24-14-23-21(8-9-22-28(23)32(38)33(31(22)37)19-5-3-2-4-6-19)27(29(24)30(16)36)18-12-17-13-20(34)7-10-26(17)39-15-18/h7-8,10-11,13,15,19,22-23,27-28,34H,2-6,9,12,14H2,1H3. The van der Waals surface area contributed by atoms with Gasteiger partial charge in [-0.3, -0.25) is 24.1 Å². The van der Waals surface area contributed by atoms with Crippen LogP contribution in [-0.4, -0.2) is 39.4 Å². The third-order valence-corrected chi connectivity index (χ3v) is 9.69. The van der Waals surface area contributed by atoms with Gasteiger partial charge in [0.2, 0.25) is 11.8 Å². The van der Waals surface area contributed by atoms with Crippen molar-refractivity contribution in [3.05, 3.63) is 70.0 Å². The second-order valence-electron chi connectivity index (χ2n) is 11.8. The highest BCUT2D eigenvalue weighted by molar-refractivity contribution is 6.23. The van der Waals surface area contributed by atoms with E-state index in [1.165, 1.54) is 6.08 Å². The molecule has 39 heavy (non-hydrogen) atoms. The van der Waals surface area contributed by atoms with Gasteiger partial charge in [-0.1, -0.05) is 30.9 Å². The number of allylic oxidation sites excluding steroid dienone is 7. The molecule has 0 radical (unpaired) electrons. The first-order valence-corrected chi connectivity index (χ1v) is 14.1. The summed E-state index contributed by atoms with van der Waals surface area (Å²) in [7, 11) is 0. The molecule has 2 heterocycles. The van der Waals surface area contributed by atoms with Crippen molar-refractivity contribution in [3.8, 4) is 11.5 Å². The fraction of sp³-hybridized carbons (Fsp3) is 0.438. The Hall–Kier alpha value is -3.74. The number of carbonyl (C=O) groups excluding carboxylic acids is 4. The molecule has 6 aliphatic rings. The van der Waals surface area contributed by atoms with Crippen molar-refractivity contribution in [2.75, 3.05) is 0 Å². The molecule has 7 heteroatoms. The SMILES string of the molecule is CC1=CC(=O)C2=C(C1=O)C(C1=COc3ccc(O)cc3C1)C1=CCC3C(=O)N(C4CCCCC4)C(=O)C3C1C2. The summed E-state index contributed by atoms with van der Waals surface area (Å²) in [6.07, 6.45) is 11.2. The van der Waals surface area contributed by atoms with Gasteiger partial charge in [-0.05, 0) is 68.4 Å². The Kier molecular flexibility index (Phi) is 5.55. The average Bonchev–Trinajstić information content (AvgIpc) is 3.20. The highest BCUT2D eigenvalue weighted by Crippen LogP contribution is 2.55. The summed E-state index contributed by atoms with van der Waals surface area (Å²) in [5, 5.41) is 10.1. The Morgan fingerprint density at radius 2 is 1.79 bits per heavy atom. The maximum Gasteiger partial charge on any atom is 0.233 e. The van der Waals surface area contributed by atoms with E-state index >= 15 is 0 Å². The summed E-state index contributed by atoms with van der Waals surface area (Å²) in [5.74, 6) is -1.55. The van der Waals surface area contributed by atoms with Crippen LogP contribution in [0.5, 0.6) is 11.5 Å². The van der Waals surface area contributed by atoms with Gasteiger partial charge >= 0.3 is 0 Å². The number of hydrogen-bond acceptors (Lipinski definition) is 6. The van der Waals surface area contributed by atoms with Crippen molar-refractivity contribution in [1.29, 1.82) is 0 Å². The molecule has 1 N–H and O–H groups in total. The molecule has 0 bridgehead atoms. The van der Waals surface area contributed by atoms with Crippen molar-refractivity contribution in [1.82, 2.24) is 4.90 Å². The van der Waals surface area contributed by atoms with Gasteiger partial charge in [-0.15, -0.1) is 0 Å². The Bertz CT molecular complexity index is 1470. The second-order valence-corrected chi connectivity index (χ2v) is 11.8. The number of benzene rings is 1. The summed E-state index contributed by atoms with van der Waals surface area (Å²) in [6.45, 7) is 1.67. The van der Waals surface area contributed by atoms with Crippen LogP contribution < -0.4 is 4.74 Å². The lowest BCUT2D eigenvalue weighted by atomic mass is 9.58. The number of rotatable bonds is 2.